The third-order valence-corrected chi connectivity index (χ3v) is 3.20. The summed E-state index contributed by atoms with van der Waals surface area (Å²) in [6, 6.07) is 5.73. The van der Waals surface area contributed by atoms with Gasteiger partial charge in [-0.15, -0.1) is 0 Å². The molecule has 130 valence electrons. The largest absolute Gasteiger partial charge is 0.447 e. The molecule has 1 fully saturated rings. The number of hydrogen-bond donors (Lipinski definition) is 0. The zero-order chi connectivity index (χ0) is 17.3. The average Bonchev–Trinajstić information content (AvgIpc) is 2.92. The summed E-state index contributed by atoms with van der Waals surface area (Å²) in [7, 11) is 1.71. The Kier molecular flexibility index (Phi) is 7.98. The van der Waals surface area contributed by atoms with Gasteiger partial charge in [0.1, 0.15) is 12.7 Å². The number of carbonyl (C=O) groups is 1. The van der Waals surface area contributed by atoms with Crippen LogP contribution in [0.25, 0.3) is 0 Å². The lowest BCUT2D eigenvalue weighted by Crippen LogP contribution is -2.33. The van der Waals surface area contributed by atoms with E-state index in [2.05, 4.69) is 4.98 Å². The lowest BCUT2D eigenvalue weighted by atomic mass is 10.2. The normalized spacial score (nSPS) is 18.7. The molecule has 0 bridgehead atoms. The molecule has 2 heterocycles. The van der Waals surface area contributed by atoms with Gasteiger partial charge in [-0.3, -0.25) is 4.98 Å². The van der Waals surface area contributed by atoms with Crippen LogP contribution in [0.3, 0.4) is 0 Å². The summed E-state index contributed by atoms with van der Waals surface area (Å²) >= 11 is 0. The Morgan fingerprint density at radius 3 is 2.74 bits per heavy atom. The topological polar surface area (TPSA) is 60.9 Å². The minimum Gasteiger partial charge on any atom is -0.447 e. The molecule has 0 N–H and O–H groups in total. The van der Waals surface area contributed by atoms with Crippen LogP contribution in [-0.4, -0.2) is 54.7 Å². The quantitative estimate of drug-likeness (QED) is 0.833. The summed E-state index contributed by atoms with van der Waals surface area (Å²) < 4.78 is 16.2. The van der Waals surface area contributed by atoms with Gasteiger partial charge < -0.3 is 19.1 Å². The van der Waals surface area contributed by atoms with E-state index in [1.807, 2.05) is 45.9 Å². The average molecular weight is 324 g/mol. The van der Waals surface area contributed by atoms with Crippen molar-refractivity contribution in [3.63, 3.8) is 0 Å². The van der Waals surface area contributed by atoms with Gasteiger partial charge in [0.05, 0.1) is 6.61 Å². The number of pyridine rings is 1. The Hall–Kier alpha value is -1.66. The fourth-order valence-electron chi connectivity index (χ4n) is 2.04. The first-order chi connectivity index (χ1) is 11.0. The highest BCUT2D eigenvalue weighted by Crippen LogP contribution is 2.22. The summed E-state index contributed by atoms with van der Waals surface area (Å²) in [5, 5.41) is 0. The molecule has 0 aromatic carbocycles. The van der Waals surface area contributed by atoms with Crippen molar-refractivity contribution in [2.45, 2.75) is 46.0 Å². The molecule has 6 nitrogen and oxygen atoms in total. The van der Waals surface area contributed by atoms with Crippen LogP contribution in [0.1, 0.15) is 33.4 Å². The zero-order valence-corrected chi connectivity index (χ0v) is 14.7. The van der Waals surface area contributed by atoms with Gasteiger partial charge in [-0.2, -0.15) is 0 Å². The van der Waals surface area contributed by atoms with Gasteiger partial charge in [-0.1, -0.05) is 19.9 Å². The third-order valence-electron chi connectivity index (χ3n) is 3.20. The Labute approximate surface area is 138 Å². The van der Waals surface area contributed by atoms with Gasteiger partial charge in [0.25, 0.3) is 0 Å². The molecule has 0 spiro atoms. The molecular weight excluding hydrogens is 296 g/mol. The highest BCUT2D eigenvalue weighted by atomic mass is 16.7. The lowest BCUT2D eigenvalue weighted by molar-refractivity contribution is -0.142. The van der Waals surface area contributed by atoms with E-state index in [-0.39, 0.29) is 18.8 Å². The predicted molar refractivity (Wildman–Crippen MR) is 88.2 cm³/mol. The van der Waals surface area contributed by atoms with Crippen LogP contribution in [0.5, 0.6) is 0 Å². The molecule has 1 amide bonds. The second-order valence-electron chi connectivity index (χ2n) is 5.52. The van der Waals surface area contributed by atoms with E-state index < -0.39 is 5.79 Å². The first-order valence-corrected chi connectivity index (χ1v) is 8.06. The van der Waals surface area contributed by atoms with E-state index in [1.54, 1.807) is 13.2 Å². The predicted octanol–water partition coefficient (Wildman–Crippen LogP) is 2.87. The molecular formula is C17H28N2O4. The van der Waals surface area contributed by atoms with Crippen molar-refractivity contribution in [2.75, 3.05) is 26.8 Å². The molecule has 1 aromatic rings. The minimum absolute atomic E-state index is 0.201. The standard InChI is InChI=1S/C15H22N2O4.C2H6/c1-15(2)20-11-13(21-15)10-19-14(18)17(3)9-7-12-6-4-5-8-16-12;1-2/h4-6,8,13H,7,9-11H2,1-3H3;1-2H3. The molecule has 0 saturated carbocycles. The number of amides is 1. The Bertz CT molecular complexity index is 465. The number of aromatic nitrogens is 1. The van der Waals surface area contributed by atoms with E-state index in [4.69, 9.17) is 14.2 Å². The van der Waals surface area contributed by atoms with Crippen molar-refractivity contribution in [2.24, 2.45) is 0 Å². The van der Waals surface area contributed by atoms with Gasteiger partial charge >= 0.3 is 6.09 Å². The van der Waals surface area contributed by atoms with Crippen molar-refractivity contribution in [3.8, 4) is 0 Å². The molecule has 1 atom stereocenters. The molecule has 1 aliphatic heterocycles. The van der Waals surface area contributed by atoms with E-state index in [1.165, 1.54) is 4.90 Å². The second-order valence-corrected chi connectivity index (χ2v) is 5.52. The number of rotatable bonds is 5. The summed E-state index contributed by atoms with van der Waals surface area (Å²) in [6.07, 6.45) is 1.88. The number of nitrogens with zero attached hydrogens (tertiary/aromatic N) is 2. The Morgan fingerprint density at radius 2 is 2.17 bits per heavy atom. The van der Waals surface area contributed by atoms with Crippen molar-refractivity contribution in [1.82, 2.24) is 9.88 Å². The van der Waals surface area contributed by atoms with Crippen LogP contribution >= 0.6 is 0 Å². The number of carbonyl (C=O) groups excluding carboxylic acids is 1. The van der Waals surface area contributed by atoms with Crippen molar-refractivity contribution < 1.29 is 19.0 Å². The smallest absolute Gasteiger partial charge is 0.409 e. The van der Waals surface area contributed by atoms with Crippen molar-refractivity contribution in [3.05, 3.63) is 30.1 Å². The summed E-state index contributed by atoms with van der Waals surface area (Å²) in [4.78, 5) is 17.6. The molecule has 1 aromatic heterocycles. The van der Waals surface area contributed by atoms with Crippen LogP contribution < -0.4 is 0 Å². The van der Waals surface area contributed by atoms with Crippen molar-refractivity contribution in [1.29, 1.82) is 0 Å². The monoisotopic (exact) mass is 324 g/mol. The maximum atomic E-state index is 11.9. The van der Waals surface area contributed by atoms with Gasteiger partial charge in [0.2, 0.25) is 0 Å². The molecule has 0 aliphatic carbocycles. The number of likely N-dealkylation sites (N-methyl/N-ethyl adjacent to an activating group) is 1. The van der Waals surface area contributed by atoms with Crippen LogP contribution in [0.4, 0.5) is 4.79 Å². The number of hydrogen-bond acceptors (Lipinski definition) is 5. The van der Waals surface area contributed by atoms with Crippen molar-refractivity contribution >= 4 is 6.09 Å². The highest BCUT2D eigenvalue weighted by molar-refractivity contribution is 5.67. The third kappa shape index (κ3) is 6.97. The van der Waals surface area contributed by atoms with Crippen LogP contribution in [0.15, 0.2) is 24.4 Å². The van der Waals surface area contributed by atoms with E-state index >= 15 is 0 Å². The minimum atomic E-state index is -0.595. The van der Waals surface area contributed by atoms with Gasteiger partial charge in [-0.05, 0) is 26.0 Å². The fourth-order valence-corrected chi connectivity index (χ4v) is 2.04. The second kappa shape index (κ2) is 9.47. The fraction of sp³-hybridized carbons (Fsp3) is 0.647. The van der Waals surface area contributed by atoms with Crippen LogP contribution in [0.2, 0.25) is 0 Å². The molecule has 1 aliphatic rings. The summed E-state index contributed by atoms with van der Waals surface area (Å²) in [5.74, 6) is -0.595. The molecule has 1 saturated heterocycles. The maximum absolute atomic E-state index is 11.9. The van der Waals surface area contributed by atoms with Gasteiger partial charge in [-0.25, -0.2) is 4.79 Å². The molecule has 2 rings (SSSR count). The first kappa shape index (κ1) is 19.4. The van der Waals surface area contributed by atoms with E-state index in [0.717, 1.165) is 5.69 Å². The van der Waals surface area contributed by atoms with E-state index in [0.29, 0.717) is 19.6 Å². The molecule has 23 heavy (non-hydrogen) atoms. The molecule has 1 unspecified atom stereocenters. The number of ether oxygens (including phenoxy) is 3. The molecule has 6 heteroatoms. The summed E-state index contributed by atoms with van der Waals surface area (Å²) in [6.45, 7) is 8.89. The maximum Gasteiger partial charge on any atom is 0.409 e. The molecule has 0 radical (unpaired) electrons. The SMILES string of the molecule is CC.CN(CCc1ccccn1)C(=O)OCC1COC(C)(C)O1. The first-order valence-electron chi connectivity index (χ1n) is 8.06. The Morgan fingerprint density at radius 1 is 1.43 bits per heavy atom. The zero-order valence-electron chi connectivity index (χ0n) is 14.7. The highest BCUT2D eigenvalue weighted by Gasteiger charge is 2.33. The van der Waals surface area contributed by atoms with Crippen LogP contribution in [-0.2, 0) is 20.6 Å². The van der Waals surface area contributed by atoms with Crippen LogP contribution in [0, 0.1) is 0 Å². The summed E-state index contributed by atoms with van der Waals surface area (Å²) in [5.41, 5.74) is 0.950. The van der Waals surface area contributed by atoms with Gasteiger partial charge in [0.15, 0.2) is 5.79 Å². The lowest BCUT2D eigenvalue weighted by Gasteiger charge is -2.19. The Balaban J connectivity index is 0.00000127. The van der Waals surface area contributed by atoms with Gasteiger partial charge in [0, 0.05) is 31.9 Å². The van der Waals surface area contributed by atoms with E-state index in [9.17, 15) is 4.79 Å².